The van der Waals surface area contributed by atoms with Crippen molar-refractivity contribution in [3.63, 3.8) is 0 Å². The van der Waals surface area contributed by atoms with Gasteiger partial charge in [0.2, 0.25) is 0 Å². The fourth-order valence-corrected chi connectivity index (χ4v) is 0.653. The van der Waals surface area contributed by atoms with E-state index in [1.54, 1.807) is 0 Å². The average molecular weight is 86.1 g/mol. The SMILES string of the molecule is CC1C[C@H]1CO. The zero-order chi connectivity index (χ0) is 4.57. The predicted molar refractivity (Wildman–Crippen MR) is 24.4 cm³/mol. The molecule has 1 saturated carbocycles. The highest BCUT2D eigenvalue weighted by molar-refractivity contribution is 4.80. The van der Waals surface area contributed by atoms with Gasteiger partial charge in [0.15, 0.2) is 0 Å². The Balaban J connectivity index is 2.09. The molecule has 0 aromatic rings. The van der Waals surface area contributed by atoms with Gasteiger partial charge >= 0.3 is 0 Å². The maximum Gasteiger partial charge on any atom is 0.0461 e. The number of aliphatic hydroxyl groups excluding tert-OH is 1. The predicted octanol–water partition coefficient (Wildman–Crippen LogP) is 0.635. The van der Waals surface area contributed by atoms with E-state index in [2.05, 4.69) is 6.92 Å². The van der Waals surface area contributed by atoms with E-state index >= 15 is 0 Å². The molecule has 0 amide bonds. The molecule has 0 aromatic heterocycles. The third-order valence-corrected chi connectivity index (χ3v) is 1.51. The van der Waals surface area contributed by atoms with Crippen LogP contribution in [0.5, 0.6) is 0 Å². The third kappa shape index (κ3) is 0.548. The first-order valence-electron chi connectivity index (χ1n) is 2.45. The van der Waals surface area contributed by atoms with Crippen LogP contribution in [0, 0.1) is 11.8 Å². The summed E-state index contributed by atoms with van der Waals surface area (Å²) < 4.78 is 0. The quantitative estimate of drug-likeness (QED) is 0.496. The maximum atomic E-state index is 8.38. The molecule has 1 aliphatic rings. The maximum absolute atomic E-state index is 8.38. The Labute approximate surface area is 38.0 Å². The van der Waals surface area contributed by atoms with Gasteiger partial charge < -0.3 is 5.11 Å². The summed E-state index contributed by atoms with van der Waals surface area (Å²) in [6.07, 6.45) is 1.25. The van der Waals surface area contributed by atoms with Crippen LogP contribution in [0.4, 0.5) is 0 Å². The molecule has 2 atom stereocenters. The molecule has 36 valence electrons. The average Bonchev–Trinajstić information content (AvgIpc) is 2.19. The van der Waals surface area contributed by atoms with Crippen molar-refractivity contribution in [3.8, 4) is 0 Å². The normalized spacial score (nSPS) is 43.0. The van der Waals surface area contributed by atoms with Crippen molar-refractivity contribution in [2.24, 2.45) is 11.8 Å². The van der Waals surface area contributed by atoms with Gasteiger partial charge in [-0.2, -0.15) is 0 Å². The number of aliphatic hydroxyl groups is 1. The summed E-state index contributed by atoms with van der Waals surface area (Å²) in [6.45, 7) is 2.57. The van der Waals surface area contributed by atoms with Crippen LogP contribution in [-0.2, 0) is 0 Å². The summed E-state index contributed by atoms with van der Waals surface area (Å²) in [4.78, 5) is 0. The van der Waals surface area contributed by atoms with Crippen molar-refractivity contribution in [2.45, 2.75) is 13.3 Å². The summed E-state index contributed by atoms with van der Waals surface area (Å²) in [5.74, 6) is 1.47. The molecule has 0 saturated heterocycles. The van der Waals surface area contributed by atoms with Crippen molar-refractivity contribution < 1.29 is 5.11 Å². The Kier molecular flexibility index (Phi) is 0.845. The van der Waals surface area contributed by atoms with Gasteiger partial charge in [0.25, 0.3) is 0 Å². The molecule has 1 rings (SSSR count). The highest BCUT2D eigenvalue weighted by atomic mass is 16.3. The lowest BCUT2D eigenvalue weighted by Crippen LogP contribution is -1.83. The van der Waals surface area contributed by atoms with E-state index in [1.807, 2.05) is 0 Å². The number of hydrogen-bond acceptors (Lipinski definition) is 1. The van der Waals surface area contributed by atoms with Crippen molar-refractivity contribution in [2.75, 3.05) is 6.61 Å². The number of rotatable bonds is 1. The lowest BCUT2D eigenvalue weighted by molar-refractivity contribution is 0.270. The van der Waals surface area contributed by atoms with Gasteiger partial charge in [0, 0.05) is 6.61 Å². The monoisotopic (exact) mass is 86.1 g/mol. The highest BCUT2D eigenvalue weighted by Crippen LogP contribution is 2.36. The molecule has 1 unspecified atom stereocenters. The molecule has 0 aliphatic heterocycles. The van der Waals surface area contributed by atoms with Gasteiger partial charge in [0.05, 0.1) is 0 Å². The Bertz CT molecular complexity index is 49.9. The first-order valence-corrected chi connectivity index (χ1v) is 2.45. The molecule has 1 fully saturated rings. The van der Waals surface area contributed by atoms with Crippen molar-refractivity contribution in [1.82, 2.24) is 0 Å². The first-order chi connectivity index (χ1) is 2.84. The van der Waals surface area contributed by atoms with Crippen LogP contribution >= 0.6 is 0 Å². The van der Waals surface area contributed by atoms with Crippen LogP contribution in [0.15, 0.2) is 0 Å². The fraction of sp³-hybridized carbons (Fsp3) is 1.00. The second-order valence-corrected chi connectivity index (χ2v) is 2.16. The van der Waals surface area contributed by atoms with Gasteiger partial charge in [-0.1, -0.05) is 6.92 Å². The van der Waals surface area contributed by atoms with Crippen molar-refractivity contribution >= 4 is 0 Å². The minimum absolute atomic E-state index is 0.404. The largest absolute Gasteiger partial charge is 0.396 e. The Morgan fingerprint density at radius 1 is 1.83 bits per heavy atom. The zero-order valence-electron chi connectivity index (χ0n) is 4.02. The minimum Gasteiger partial charge on any atom is -0.396 e. The lowest BCUT2D eigenvalue weighted by Gasteiger charge is -1.79. The summed E-state index contributed by atoms with van der Waals surface area (Å²) in [5, 5.41) is 8.38. The molecule has 1 nitrogen and oxygen atoms in total. The van der Waals surface area contributed by atoms with Gasteiger partial charge in [-0.3, -0.25) is 0 Å². The topological polar surface area (TPSA) is 20.2 Å². The molecule has 0 spiro atoms. The molecule has 1 aliphatic carbocycles. The van der Waals surface area contributed by atoms with Crippen molar-refractivity contribution in [1.29, 1.82) is 0 Å². The summed E-state index contributed by atoms with van der Waals surface area (Å²) in [6, 6.07) is 0. The van der Waals surface area contributed by atoms with Crippen LogP contribution < -0.4 is 0 Å². The molecule has 1 N–H and O–H groups in total. The number of hydrogen-bond donors (Lipinski definition) is 1. The van der Waals surface area contributed by atoms with E-state index in [0.29, 0.717) is 12.5 Å². The Morgan fingerprint density at radius 3 is 2.33 bits per heavy atom. The van der Waals surface area contributed by atoms with E-state index in [-0.39, 0.29) is 0 Å². The second-order valence-electron chi connectivity index (χ2n) is 2.16. The van der Waals surface area contributed by atoms with Crippen LogP contribution in [-0.4, -0.2) is 11.7 Å². The summed E-state index contributed by atoms with van der Waals surface area (Å²) >= 11 is 0. The standard InChI is InChI=1S/C5H10O/c1-4-2-5(4)3-6/h4-6H,2-3H2,1H3/t4?,5-/m0/s1. The molecular formula is C5H10O. The Hall–Kier alpha value is -0.0400. The highest BCUT2D eigenvalue weighted by Gasteiger charge is 2.30. The molecule has 1 heteroatoms. The van der Waals surface area contributed by atoms with Crippen LogP contribution in [0.25, 0.3) is 0 Å². The van der Waals surface area contributed by atoms with E-state index in [1.165, 1.54) is 6.42 Å². The van der Waals surface area contributed by atoms with Gasteiger partial charge in [0.1, 0.15) is 0 Å². The third-order valence-electron chi connectivity index (χ3n) is 1.51. The molecule has 0 radical (unpaired) electrons. The molecule has 6 heavy (non-hydrogen) atoms. The van der Waals surface area contributed by atoms with E-state index in [0.717, 1.165) is 5.92 Å². The lowest BCUT2D eigenvalue weighted by atomic mass is 10.4. The molecule has 0 heterocycles. The summed E-state index contributed by atoms with van der Waals surface area (Å²) in [5.41, 5.74) is 0. The van der Waals surface area contributed by atoms with Gasteiger partial charge in [-0.25, -0.2) is 0 Å². The minimum atomic E-state index is 0.404. The van der Waals surface area contributed by atoms with E-state index < -0.39 is 0 Å². The van der Waals surface area contributed by atoms with Crippen LogP contribution in [0.2, 0.25) is 0 Å². The zero-order valence-corrected chi connectivity index (χ0v) is 4.02. The van der Waals surface area contributed by atoms with Crippen LogP contribution in [0.1, 0.15) is 13.3 Å². The van der Waals surface area contributed by atoms with E-state index in [9.17, 15) is 0 Å². The first kappa shape index (κ1) is 4.13. The van der Waals surface area contributed by atoms with Gasteiger partial charge in [-0.05, 0) is 18.3 Å². The molecular weight excluding hydrogens is 76.1 g/mol. The smallest absolute Gasteiger partial charge is 0.0461 e. The molecule has 0 bridgehead atoms. The molecule has 0 aromatic carbocycles. The Morgan fingerprint density at radius 2 is 2.33 bits per heavy atom. The van der Waals surface area contributed by atoms with Gasteiger partial charge in [-0.15, -0.1) is 0 Å². The van der Waals surface area contributed by atoms with E-state index in [4.69, 9.17) is 5.11 Å². The second kappa shape index (κ2) is 1.23. The van der Waals surface area contributed by atoms with Crippen LogP contribution in [0.3, 0.4) is 0 Å². The van der Waals surface area contributed by atoms with Crippen molar-refractivity contribution in [3.05, 3.63) is 0 Å². The summed E-state index contributed by atoms with van der Waals surface area (Å²) in [7, 11) is 0. The fourth-order valence-electron chi connectivity index (χ4n) is 0.653.